The molecule has 0 bridgehead atoms. The Morgan fingerprint density at radius 1 is 0.917 bits per heavy atom. The summed E-state index contributed by atoms with van der Waals surface area (Å²) >= 11 is 0. The van der Waals surface area contributed by atoms with Gasteiger partial charge < -0.3 is 26.3 Å². The average molecular weight is 390 g/mol. The molecule has 0 atom stereocenters. The molecule has 1 saturated heterocycles. The van der Waals surface area contributed by atoms with Crippen LogP contribution in [0.4, 0.5) is 0 Å². The molecule has 3 rings (SSSR count). The maximum absolute atomic E-state index is 6.10. The van der Waals surface area contributed by atoms with Crippen LogP contribution < -0.4 is 27.0 Å². The van der Waals surface area contributed by atoms with Crippen LogP contribution in [0, 0.1) is 6.92 Å². The van der Waals surface area contributed by atoms with Crippen molar-refractivity contribution < 1.29 is 30.9 Å². The Morgan fingerprint density at radius 2 is 1.50 bits per heavy atom. The molecule has 1 fully saturated rings. The van der Waals surface area contributed by atoms with Gasteiger partial charge >= 0.3 is 7.12 Å². The Labute approximate surface area is 155 Å². The largest absolute Gasteiger partial charge is 1.00 e. The molecule has 2 heterocycles. The van der Waals surface area contributed by atoms with Gasteiger partial charge in [-0.2, -0.15) is 4.57 Å². The molecule has 1 aromatic carbocycles. The van der Waals surface area contributed by atoms with Gasteiger partial charge in [-0.15, -0.1) is 0 Å². The van der Waals surface area contributed by atoms with Gasteiger partial charge in [-0.1, -0.05) is 30.3 Å². The number of rotatable bonds is 3. The summed E-state index contributed by atoms with van der Waals surface area (Å²) in [6.45, 7) is 11.3. The minimum atomic E-state index is -0.298. The Balaban J connectivity index is 0.00000208. The minimum absolute atomic E-state index is 0. The lowest BCUT2D eigenvalue weighted by molar-refractivity contribution is -0.694. The van der Waals surface area contributed by atoms with E-state index in [1.807, 2.05) is 0 Å². The van der Waals surface area contributed by atoms with Crippen molar-refractivity contribution in [1.29, 1.82) is 0 Å². The van der Waals surface area contributed by atoms with Crippen molar-refractivity contribution in [2.24, 2.45) is 0 Å². The Hall–Kier alpha value is -1.17. The number of nitrogens with zero attached hydrogens (tertiary/aromatic N) is 1. The van der Waals surface area contributed by atoms with Crippen LogP contribution >= 0.6 is 0 Å². The predicted molar refractivity (Wildman–Crippen MR) is 92.6 cm³/mol. The van der Waals surface area contributed by atoms with E-state index >= 15 is 0 Å². The van der Waals surface area contributed by atoms with Gasteiger partial charge in [0.2, 0.25) is 0 Å². The first-order chi connectivity index (χ1) is 10.8. The van der Waals surface area contributed by atoms with E-state index in [4.69, 9.17) is 9.31 Å². The van der Waals surface area contributed by atoms with Gasteiger partial charge in [0.25, 0.3) is 0 Å². The molecule has 128 valence electrons. The van der Waals surface area contributed by atoms with Gasteiger partial charge in [0.1, 0.15) is 0 Å². The monoisotopic (exact) mass is 389 g/mol. The molecule has 1 aromatic heterocycles. The summed E-state index contributed by atoms with van der Waals surface area (Å²) in [6, 6.07) is 14.8. The van der Waals surface area contributed by atoms with E-state index < -0.39 is 0 Å². The summed E-state index contributed by atoms with van der Waals surface area (Å²) in [7, 11) is -0.292. The van der Waals surface area contributed by atoms with E-state index in [1.165, 1.54) is 11.3 Å². The molecule has 1 aliphatic heterocycles. The van der Waals surface area contributed by atoms with Crippen molar-refractivity contribution in [2.45, 2.75) is 52.4 Å². The van der Waals surface area contributed by atoms with Gasteiger partial charge in [-0.25, -0.2) is 0 Å². The third kappa shape index (κ3) is 3.74. The number of halogens is 1. The zero-order chi connectivity index (χ0) is 16.7. The maximum Gasteiger partial charge on any atom is 0.494 e. The average Bonchev–Trinajstić information content (AvgIpc) is 2.71. The van der Waals surface area contributed by atoms with Gasteiger partial charge in [-0.3, -0.25) is 0 Å². The summed E-state index contributed by atoms with van der Waals surface area (Å²) < 4.78 is 14.4. The molecule has 0 aliphatic carbocycles. The van der Waals surface area contributed by atoms with Crippen molar-refractivity contribution >= 4 is 12.6 Å². The topological polar surface area (TPSA) is 22.3 Å². The first-order valence-electron chi connectivity index (χ1n) is 8.18. The second-order valence-corrected chi connectivity index (χ2v) is 7.30. The Morgan fingerprint density at radius 3 is 2.04 bits per heavy atom. The molecule has 0 spiro atoms. The fourth-order valence-electron chi connectivity index (χ4n) is 2.70. The number of benzene rings is 1. The second-order valence-electron chi connectivity index (χ2n) is 7.30. The quantitative estimate of drug-likeness (QED) is 0.528. The standard InChI is InChI=1S/C19H25BNO2.BrH/c1-15-8-6-7-13-21(15)14-16-9-11-17(12-10-16)20-22-18(2,3)19(4,5)23-20;/h6-13H,14H2,1-5H3;1H/q+1;/p-1. The van der Waals surface area contributed by atoms with Gasteiger partial charge in [0.15, 0.2) is 18.4 Å². The van der Waals surface area contributed by atoms with Crippen LogP contribution in [0.3, 0.4) is 0 Å². The van der Waals surface area contributed by atoms with Crippen molar-refractivity contribution in [3.8, 4) is 0 Å². The van der Waals surface area contributed by atoms with E-state index in [9.17, 15) is 0 Å². The first-order valence-corrected chi connectivity index (χ1v) is 8.18. The van der Waals surface area contributed by atoms with Crippen LogP contribution in [-0.4, -0.2) is 18.3 Å². The zero-order valence-electron chi connectivity index (χ0n) is 15.0. The van der Waals surface area contributed by atoms with Gasteiger partial charge in [-0.05, 0) is 33.2 Å². The maximum atomic E-state index is 6.10. The van der Waals surface area contributed by atoms with Gasteiger partial charge in [0, 0.05) is 24.6 Å². The first kappa shape index (κ1) is 19.2. The highest BCUT2D eigenvalue weighted by Crippen LogP contribution is 2.36. The molecular formula is C19H25BBrNO2. The van der Waals surface area contributed by atoms with Crippen LogP contribution in [0.1, 0.15) is 39.0 Å². The van der Waals surface area contributed by atoms with Crippen molar-refractivity contribution in [1.82, 2.24) is 0 Å². The third-order valence-corrected chi connectivity index (χ3v) is 5.03. The summed E-state index contributed by atoms with van der Waals surface area (Å²) in [5.74, 6) is 0. The summed E-state index contributed by atoms with van der Waals surface area (Å²) in [4.78, 5) is 0. The fraction of sp³-hybridized carbons (Fsp3) is 0.421. The zero-order valence-corrected chi connectivity index (χ0v) is 16.6. The summed E-state index contributed by atoms with van der Waals surface area (Å²) in [6.07, 6.45) is 2.11. The fourth-order valence-corrected chi connectivity index (χ4v) is 2.70. The van der Waals surface area contributed by atoms with Crippen LogP contribution in [0.2, 0.25) is 0 Å². The molecule has 5 heteroatoms. The van der Waals surface area contributed by atoms with Crippen molar-refractivity contribution in [3.05, 3.63) is 59.9 Å². The smallest absolute Gasteiger partial charge is 0.494 e. The van der Waals surface area contributed by atoms with Crippen LogP contribution in [0.5, 0.6) is 0 Å². The number of hydrogen-bond donors (Lipinski definition) is 0. The highest BCUT2D eigenvalue weighted by molar-refractivity contribution is 6.62. The molecule has 24 heavy (non-hydrogen) atoms. The van der Waals surface area contributed by atoms with Crippen LogP contribution in [0.25, 0.3) is 0 Å². The molecule has 0 unspecified atom stereocenters. The highest BCUT2D eigenvalue weighted by Gasteiger charge is 2.51. The van der Waals surface area contributed by atoms with E-state index in [0.717, 1.165) is 12.0 Å². The van der Waals surface area contributed by atoms with E-state index in [1.54, 1.807) is 0 Å². The van der Waals surface area contributed by atoms with E-state index in [2.05, 4.69) is 87.8 Å². The van der Waals surface area contributed by atoms with Crippen LogP contribution in [-0.2, 0) is 15.9 Å². The SMILES string of the molecule is Cc1cccc[n+]1Cc1ccc(B2OC(C)(C)C(C)(C)O2)cc1.[Br-]. The third-order valence-electron chi connectivity index (χ3n) is 5.03. The lowest BCUT2D eigenvalue weighted by atomic mass is 9.79. The number of hydrogen-bond acceptors (Lipinski definition) is 2. The molecule has 2 aromatic rings. The normalized spacial score (nSPS) is 18.3. The molecule has 0 saturated carbocycles. The lowest BCUT2D eigenvalue weighted by Gasteiger charge is -2.32. The molecule has 0 N–H and O–H groups in total. The van der Waals surface area contributed by atoms with E-state index in [-0.39, 0.29) is 35.3 Å². The van der Waals surface area contributed by atoms with Crippen molar-refractivity contribution in [2.75, 3.05) is 0 Å². The molecular weight excluding hydrogens is 365 g/mol. The minimum Gasteiger partial charge on any atom is -1.00 e. The van der Waals surface area contributed by atoms with Crippen LogP contribution in [0.15, 0.2) is 48.7 Å². The Kier molecular flexibility index (Phi) is 5.58. The number of aromatic nitrogens is 1. The number of aryl methyl sites for hydroxylation is 1. The van der Waals surface area contributed by atoms with E-state index in [0.29, 0.717) is 0 Å². The van der Waals surface area contributed by atoms with Gasteiger partial charge in [0.05, 0.1) is 11.2 Å². The van der Waals surface area contributed by atoms with Crippen molar-refractivity contribution in [3.63, 3.8) is 0 Å². The molecule has 3 nitrogen and oxygen atoms in total. The highest BCUT2D eigenvalue weighted by atomic mass is 79.9. The lowest BCUT2D eigenvalue weighted by Crippen LogP contribution is -3.00. The number of pyridine rings is 1. The summed E-state index contributed by atoms with van der Waals surface area (Å²) in [5.41, 5.74) is 3.00. The summed E-state index contributed by atoms with van der Waals surface area (Å²) in [5, 5.41) is 0. The predicted octanol–water partition coefficient (Wildman–Crippen LogP) is -0.366. The molecule has 0 amide bonds. The Bertz CT molecular complexity index is 685. The molecule has 1 aliphatic rings. The molecule has 0 radical (unpaired) electrons. The second kappa shape index (κ2) is 6.99.